The molecule has 9 heteroatoms. The minimum absolute atomic E-state index is 0.00109. The summed E-state index contributed by atoms with van der Waals surface area (Å²) in [7, 11) is 0. The van der Waals surface area contributed by atoms with E-state index in [9.17, 15) is 30.6 Å². The van der Waals surface area contributed by atoms with Crippen molar-refractivity contribution in [3.63, 3.8) is 0 Å². The first-order chi connectivity index (χ1) is 18.7. The fraction of sp³-hybridized carbons (Fsp3) is 0.806. The van der Waals surface area contributed by atoms with E-state index < -0.39 is 60.0 Å². The highest BCUT2D eigenvalue weighted by Gasteiger charge is 2.55. The van der Waals surface area contributed by atoms with Gasteiger partial charge in [0.15, 0.2) is 6.29 Å². The van der Waals surface area contributed by atoms with Crippen molar-refractivity contribution >= 4 is 0 Å². The zero-order chi connectivity index (χ0) is 29.7. The maximum absolute atomic E-state index is 11.9. The molecule has 0 aromatic heterocycles. The average molecular weight is 567 g/mol. The Balaban J connectivity index is 1.74. The van der Waals surface area contributed by atoms with E-state index >= 15 is 0 Å². The van der Waals surface area contributed by atoms with Gasteiger partial charge in [-0.2, -0.15) is 0 Å². The summed E-state index contributed by atoms with van der Waals surface area (Å²) in [5, 5.41) is 65.8. The zero-order valence-electron chi connectivity index (χ0n) is 24.7. The van der Waals surface area contributed by atoms with Crippen molar-refractivity contribution in [1.29, 1.82) is 0 Å². The second kappa shape index (κ2) is 11.9. The second-order valence-electron chi connectivity index (χ2n) is 13.3. The van der Waals surface area contributed by atoms with Crippen LogP contribution in [-0.4, -0.2) is 98.5 Å². The maximum atomic E-state index is 11.9. The Kier molecular flexibility index (Phi) is 9.42. The number of fused-ring (bicyclic) bond motifs is 2. The van der Waals surface area contributed by atoms with Gasteiger partial charge in [-0.25, -0.2) is 0 Å². The summed E-state index contributed by atoms with van der Waals surface area (Å²) in [4.78, 5) is 0. The van der Waals surface area contributed by atoms with Crippen molar-refractivity contribution in [3.8, 4) is 0 Å². The molecule has 1 saturated heterocycles. The monoisotopic (exact) mass is 566 g/mol. The summed E-state index contributed by atoms with van der Waals surface area (Å²) < 4.78 is 18.3. The molecule has 0 amide bonds. The highest BCUT2D eigenvalue weighted by atomic mass is 16.7. The summed E-state index contributed by atoms with van der Waals surface area (Å²) >= 11 is 0. The highest BCUT2D eigenvalue weighted by molar-refractivity contribution is 5.43. The first-order valence-electron chi connectivity index (χ1n) is 14.7. The maximum Gasteiger partial charge on any atom is 0.187 e. The van der Waals surface area contributed by atoms with E-state index in [1.165, 1.54) is 0 Å². The predicted octanol–water partition coefficient (Wildman–Crippen LogP) is 1.84. The van der Waals surface area contributed by atoms with Gasteiger partial charge in [0.1, 0.15) is 30.5 Å². The smallest absolute Gasteiger partial charge is 0.187 e. The molecule has 3 aliphatic carbocycles. The molecular weight excluding hydrogens is 516 g/mol. The molecule has 0 radical (unpaired) electrons. The van der Waals surface area contributed by atoms with Crippen molar-refractivity contribution in [2.24, 2.45) is 29.1 Å². The van der Waals surface area contributed by atoms with Crippen molar-refractivity contribution < 1.29 is 44.8 Å². The van der Waals surface area contributed by atoms with Gasteiger partial charge in [0.05, 0.1) is 24.4 Å². The van der Waals surface area contributed by atoms with Gasteiger partial charge in [0.2, 0.25) is 0 Å². The van der Waals surface area contributed by atoms with E-state index in [0.717, 1.165) is 29.6 Å². The van der Waals surface area contributed by atoms with Crippen LogP contribution in [0.25, 0.3) is 0 Å². The molecule has 4 aliphatic rings. The van der Waals surface area contributed by atoms with Gasteiger partial charge in [0.25, 0.3) is 0 Å². The molecule has 6 N–H and O–H groups in total. The van der Waals surface area contributed by atoms with E-state index in [0.29, 0.717) is 6.42 Å². The molecule has 228 valence electrons. The Labute approximate surface area is 238 Å². The highest BCUT2D eigenvalue weighted by Crippen LogP contribution is 2.55. The molecule has 0 spiro atoms. The molecule has 2 fully saturated rings. The molecule has 0 aromatic carbocycles. The number of rotatable bonds is 8. The molecule has 12 atom stereocenters. The summed E-state index contributed by atoms with van der Waals surface area (Å²) in [5.74, 6) is -0.220. The molecule has 9 nitrogen and oxygen atoms in total. The van der Waals surface area contributed by atoms with E-state index in [1.807, 2.05) is 27.7 Å². The van der Waals surface area contributed by atoms with Gasteiger partial charge in [-0.05, 0) is 63.4 Å². The fourth-order valence-electron chi connectivity index (χ4n) is 7.12. The van der Waals surface area contributed by atoms with Crippen molar-refractivity contribution in [2.45, 2.75) is 115 Å². The lowest BCUT2D eigenvalue weighted by Gasteiger charge is -2.46. The number of hydrogen-bond donors (Lipinski definition) is 6. The lowest BCUT2D eigenvalue weighted by Crippen LogP contribution is -2.61. The number of hydrogen-bond acceptors (Lipinski definition) is 9. The normalized spacial score (nSPS) is 44.2. The minimum atomic E-state index is -1.58. The Hall–Kier alpha value is -1.14. The largest absolute Gasteiger partial charge is 0.396 e. The molecule has 1 aliphatic heterocycles. The van der Waals surface area contributed by atoms with Gasteiger partial charge in [-0.3, -0.25) is 0 Å². The fourth-order valence-corrected chi connectivity index (χ4v) is 7.12. The lowest BCUT2D eigenvalue weighted by molar-refractivity contribution is -0.319. The van der Waals surface area contributed by atoms with Crippen LogP contribution in [-0.2, 0) is 14.2 Å². The third kappa shape index (κ3) is 5.62. The molecular formula is C31H50O9. The number of ether oxygens (including phenoxy) is 3. The van der Waals surface area contributed by atoms with E-state index in [4.69, 9.17) is 14.2 Å². The van der Waals surface area contributed by atoms with E-state index in [-0.39, 0.29) is 36.9 Å². The third-order valence-corrected chi connectivity index (χ3v) is 9.97. The Morgan fingerprint density at radius 2 is 1.77 bits per heavy atom. The van der Waals surface area contributed by atoms with E-state index in [1.54, 1.807) is 19.9 Å². The van der Waals surface area contributed by atoms with Crippen molar-refractivity contribution in [3.05, 3.63) is 35.5 Å². The van der Waals surface area contributed by atoms with Crippen LogP contribution in [0.1, 0.15) is 60.8 Å². The third-order valence-electron chi connectivity index (χ3n) is 9.97. The lowest BCUT2D eigenvalue weighted by atomic mass is 9.68. The van der Waals surface area contributed by atoms with Crippen LogP contribution in [0.2, 0.25) is 0 Å². The van der Waals surface area contributed by atoms with Crippen LogP contribution in [0.3, 0.4) is 0 Å². The van der Waals surface area contributed by atoms with E-state index in [2.05, 4.69) is 12.7 Å². The molecule has 0 bridgehead atoms. The quantitative estimate of drug-likeness (QED) is 0.242. The van der Waals surface area contributed by atoms with Gasteiger partial charge in [0, 0.05) is 17.9 Å². The predicted molar refractivity (Wildman–Crippen MR) is 149 cm³/mol. The standard InChI is InChI=1S/C31H50O9/c1-8-30(5,6)38-14-21-25(35)26(36)27(37)29(39-21)40-28-23-19(15(2)3)11-22(33)31(23,7)12-20-17(13-32)9-10-18(20)16(4)24(28)34/h8,12,15-18,21-22,24-29,32-37H,1,9-11,13-14H2,2-7H3. The summed E-state index contributed by atoms with van der Waals surface area (Å²) in [6.45, 7) is 15.3. The molecule has 40 heavy (non-hydrogen) atoms. The summed E-state index contributed by atoms with van der Waals surface area (Å²) in [6.07, 6.45) is -3.93. The van der Waals surface area contributed by atoms with Gasteiger partial charge < -0.3 is 44.8 Å². The summed E-state index contributed by atoms with van der Waals surface area (Å²) in [5.41, 5.74) is 1.22. The summed E-state index contributed by atoms with van der Waals surface area (Å²) in [6, 6.07) is 0. The molecule has 12 unspecified atom stereocenters. The zero-order valence-corrected chi connectivity index (χ0v) is 24.7. The van der Waals surface area contributed by atoms with Crippen molar-refractivity contribution in [1.82, 2.24) is 0 Å². The van der Waals surface area contributed by atoms with Crippen LogP contribution >= 0.6 is 0 Å². The Morgan fingerprint density at radius 1 is 1.10 bits per heavy atom. The number of aliphatic hydroxyl groups excluding tert-OH is 6. The van der Waals surface area contributed by atoms with Crippen LogP contribution < -0.4 is 0 Å². The first-order valence-corrected chi connectivity index (χ1v) is 14.7. The van der Waals surface area contributed by atoms with Crippen LogP contribution in [0.5, 0.6) is 0 Å². The Morgan fingerprint density at radius 3 is 2.38 bits per heavy atom. The van der Waals surface area contributed by atoms with Gasteiger partial charge in [-0.1, -0.05) is 44.1 Å². The van der Waals surface area contributed by atoms with Crippen LogP contribution in [0, 0.1) is 29.1 Å². The van der Waals surface area contributed by atoms with Crippen LogP contribution in [0.15, 0.2) is 35.5 Å². The van der Waals surface area contributed by atoms with Crippen molar-refractivity contribution in [2.75, 3.05) is 13.2 Å². The average Bonchev–Trinajstić information content (AvgIpc) is 3.42. The molecule has 0 aromatic rings. The Bertz CT molecular complexity index is 989. The van der Waals surface area contributed by atoms with Gasteiger partial charge >= 0.3 is 0 Å². The molecule has 4 rings (SSSR count). The SMILES string of the molecule is C=CC(C)(C)OCC1OC(OC2C3=C(C(C)C)CC(O)C3(C)C=C3C(CO)CCC3C(C)C2O)C(O)C(O)C1O. The first kappa shape index (κ1) is 31.8. The molecule has 1 saturated carbocycles. The number of aliphatic hydroxyl groups is 6. The topological polar surface area (TPSA) is 149 Å². The van der Waals surface area contributed by atoms with Gasteiger partial charge in [-0.15, -0.1) is 6.58 Å². The second-order valence-corrected chi connectivity index (χ2v) is 13.3. The minimum Gasteiger partial charge on any atom is -0.396 e. The molecule has 1 heterocycles. The van der Waals surface area contributed by atoms with Crippen LogP contribution in [0.4, 0.5) is 0 Å².